The largest absolute Gasteiger partial charge is 0.495 e. The minimum atomic E-state index is -4.93. The number of amides is 2. The van der Waals surface area contributed by atoms with Gasteiger partial charge >= 0.3 is 12.1 Å². The molecule has 0 bridgehead atoms. The Morgan fingerprint density at radius 2 is 1.84 bits per heavy atom. The average molecular weight is 526 g/mol. The number of nitrogens with one attached hydrogen (secondary N) is 2. The van der Waals surface area contributed by atoms with E-state index < -0.39 is 18.1 Å². The predicted octanol–water partition coefficient (Wildman–Crippen LogP) is 4.81. The zero-order valence-electron chi connectivity index (χ0n) is 20.7. The first-order chi connectivity index (χ1) is 18.2. The minimum absolute atomic E-state index is 0.260. The van der Waals surface area contributed by atoms with Crippen LogP contribution in [0.2, 0.25) is 0 Å². The van der Waals surface area contributed by atoms with E-state index in [1.807, 2.05) is 42.3 Å². The number of benzene rings is 2. The van der Waals surface area contributed by atoms with Crippen molar-refractivity contribution in [1.82, 2.24) is 10.3 Å². The summed E-state index contributed by atoms with van der Waals surface area (Å²) in [7, 11) is 3.41. The summed E-state index contributed by atoms with van der Waals surface area (Å²) in [5, 5.41) is 5.00. The van der Waals surface area contributed by atoms with Crippen LogP contribution in [0.4, 0.5) is 35.9 Å². The second kappa shape index (κ2) is 9.88. The number of ether oxygens (including phenoxy) is 1. The summed E-state index contributed by atoms with van der Waals surface area (Å²) in [6.45, 7) is 0.434. The molecule has 3 aromatic rings. The van der Waals surface area contributed by atoms with Crippen molar-refractivity contribution in [2.45, 2.75) is 31.1 Å². The number of carbonyl (C=O) groups is 2. The van der Waals surface area contributed by atoms with Crippen molar-refractivity contribution in [1.29, 1.82) is 0 Å². The number of carbonyl (C=O) groups excluding carboxylic acids is 2. The third-order valence-corrected chi connectivity index (χ3v) is 6.97. The van der Waals surface area contributed by atoms with Crippen molar-refractivity contribution in [3.63, 3.8) is 0 Å². The molecule has 0 aliphatic carbocycles. The van der Waals surface area contributed by atoms with Crippen molar-refractivity contribution in [2.75, 3.05) is 35.8 Å². The van der Waals surface area contributed by atoms with Crippen molar-refractivity contribution < 1.29 is 27.5 Å². The molecule has 198 valence electrons. The van der Waals surface area contributed by atoms with Crippen molar-refractivity contribution in [2.24, 2.45) is 0 Å². The molecule has 0 spiro atoms. The smallest absolute Gasteiger partial charge is 0.471 e. The predicted molar refractivity (Wildman–Crippen MR) is 137 cm³/mol. The van der Waals surface area contributed by atoms with E-state index in [4.69, 9.17) is 4.74 Å². The van der Waals surface area contributed by atoms with Gasteiger partial charge in [-0.3, -0.25) is 14.6 Å². The van der Waals surface area contributed by atoms with Crippen molar-refractivity contribution >= 4 is 34.6 Å². The van der Waals surface area contributed by atoms with Gasteiger partial charge in [0.25, 0.3) is 5.91 Å². The molecule has 2 amide bonds. The Hall–Kier alpha value is -4.28. The third kappa shape index (κ3) is 4.83. The molecule has 2 aliphatic heterocycles. The van der Waals surface area contributed by atoms with Crippen molar-refractivity contribution in [3.05, 3.63) is 72.1 Å². The number of hydrogen-bond donors (Lipinski definition) is 2. The van der Waals surface area contributed by atoms with Crippen LogP contribution in [-0.4, -0.2) is 49.7 Å². The molecular formula is C27H26F3N5O3. The molecule has 0 unspecified atom stereocenters. The van der Waals surface area contributed by atoms with E-state index in [0.29, 0.717) is 36.4 Å². The lowest BCUT2D eigenvalue weighted by molar-refractivity contribution is -0.174. The van der Waals surface area contributed by atoms with Crippen LogP contribution < -0.4 is 25.2 Å². The molecule has 1 aromatic heterocycles. The molecule has 3 heterocycles. The second-order valence-corrected chi connectivity index (χ2v) is 9.29. The topological polar surface area (TPSA) is 86.8 Å². The minimum Gasteiger partial charge on any atom is -0.495 e. The highest BCUT2D eigenvalue weighted by molar-refractivity contribution is 6.05. The highest BCUT2D eigenvalue weighted by atomic mass is 19.4. The maximum Gasteiger partial charge on any atom is 0.471 e. The van der Waals surface area contributed by atoms with Gasteiger partial charge in [0.1, 0.15) is 5.75 Å². The number of para-hydroxylation sites is 1. The standard InChI is InChI=1S/C27H26F3N5O3/c1-34-21-6-4-3-5-20(21)23-13-17(33-26(37)27(28,29)30)9-10-35(23)22-8-7-16(11-24(22)34)25(36)32-18-12-19(38-2)15-31-14-18/h3-8,11-12,14-15,17,23H,9-10,13H2,1-2H3,(H,32,36)(H,33,37)/t17-,23-/m1/s1. The number of nitrogens with zero attached hydrogens (tertiary/aromatic N) is 3. The normalized spacial score (nSPS) is 18.4. The Morgan fingerprint density at radius 3 is 2.61 bits per heavy atom. The number of methoxy groups -OCH3 is 1. The first-order valence-corrected chi connectivity index (χ1v) is 12.1. The summed E-state index contributed by atoms with van der Waals surface area (Å²) in [6, 6.07) is 13.8. The van der Waals surface area contributed by atoms with Gasteiger partial charge in [-0.05, 0) is 42.7 Å². The van der Waals surface area contributed by atoms with Crippen molar-refractivity contribution in [3.8, 4) is 5.75 Å². The highest BCUT2D eigenvalue weighted by Crippen LogP contribution is 2.48. The molecule has 0 saturated carbocycles. The molecule has 2 aliphatic rings. The third-order valence-electron chi connectivity index (χ3n) is 6.97. The van der Waals surface area contributed by atoms with E-state index >= 15 is 0 Å². The summed E-state index contributed by atoms with van der Waals surface area (Å²) in [6.07, 6.45) is -1.19. The average Bonchev–Trinajstić information content (AvgIpc) is 3.01. The molecule has 8 nitrogen and oxygen atoms in total. The van der Waals surface area contributed by atoms with Gasteiger partial charge in [-0.1, -0.05) is 18.2 Å². The molecule has 2 N–H and O–H groups in total. The molecule has 5 rings (SSSR count). The number of alkyl halides is 3. The number of piperidine rings is 1. The van der Waals surface area contributed by atoms with Crippen LogP contribution in [-0.2, 0) is 4.79 Å². The van der Waals surface area contributed by atoms with E-state index in [2.05, 4.69) is 20.5 Å². The van der Waals surface area contributed by atoms with Crippen LogP contribution in [0.5, 0.6) is 5.75 Å². The van der Waals surface area contributed by atoms with Gasteiger partial charge in [0, 0.05) is 37.0 Å². The molecule has 1 fully saturated rings. The quantitative estimate of drug-likeness (QED) is 0.509. The van der Waals surface area contributed by atoms with Gasteiger partial charge in [-0.2, -0.15) is 13.2 Å². The molecule has 11 heteroatoms. The summed E-state index contributed by atoms with van der Waals surface area (Å²) >= 11 is 0. The number of pyridine rings is 1. The Kier molecular flexibility index (Phi) is 6.60. The first-order valence-electron chi connectivity index (χ1n) is 12.1. The van der Waals surface area contributed by atoms with Crippen LogP contribution in [0, 0.1) is 0 Å². The van der Waals surface area contributed by atoms with E-state index in [0.717, 1.165) is 22.6 Å². The molecule has 0 radical (unpaired) electrons. The zero-order valence-corrected chi connectivity index (χ0v) is 20.7. The fourth-order valence-corrected chi connectivity index (χ4v) is 5.13. The lowest BCUT2D eigenvalue weighted by atomic mass is 9.90. The molecule has 1 saturated heterocycles. The Labute approximate surface area is 217 Å². The van der Waals surface area contributed by atoms with Crippen LogP contribution >= 0.6 is 0 Å². The highest BCUT2D eigenvalue weighted by Gasteiger charge is 2.42. The first kappa shape index (κ1) is 25.4. The van der Waals surface area contributed by atoms with Gasteiger partial charge in [0.15, 0.2) is 0 Å². The molecular weight excluding hydrogens is 499 g/mol. The van der Waals surface area contributed by atoms with Gasteiger partial charge < -0.3 is 25.2 Å². The van der Waals surface area contributed by atoms with Crippen LogP contribution in [0.15, 0.2) is 60.9 Å². The Bertz CT molecular complexity index is 1380. The van der Waals surface area contributed by atoms with Gasteiger partial charge in [-0.15, -0.1) is 0 Å². The van der Waals surface area contributed by atoms with Gasteiger partial charge in [0.05, 0.1) is 42.6 Å². The molecule has 2 atom stereocenters. The van der Waals surface area contributed by atoms with E-state index in [9.17, 15) is 22.8 Å². The maximum atomic E-state index is 13.1. The number of aromatic nitrogens is 1. The molecule has 2 aromatic carbocycles. The summed E-state index contributed by atoms with van der Waals surface area (Å²) in [4.78, 5) is 32.9. The van der Waals surface area contributed by atoms with Crippen LogP contribution in [0.1, 0.15) is 34.8 Å². The fourth-order valence-electron chi connectivity index (χ4n) is 5.13. The van der Waals surface area contributed by atoms with Crippen LogP contribution in [0.25, 0.3) is 0 Å². The second-order valence-electron chi connectivity index (χ2n) is 9.29. The number of fused-ring (bicyclic) bond motifs is 5. The SMILES string of the molecule is COc1cncc(NC(=O)c2ccc3c(c2)N(C)c2ccccc2[C@H]2C[C@H](NC(=O)C(F)(F)F)CCN32)c1. The monoisotopic (exact) mass is 525 g/mol. The Morgan fingerprint density at radius 1 is 1.05 bits per heavy atom. The molecule has 38 heavy (non-hydrogen) atoms. The van der Waals surface area contributed by atoms with E-state index in [1.165, 1.54) is 13.3 Å². The van der Waals surface area contributed by atoms with E-state index in [-0.39, 0.29) is 11.9 Å². The zero-order chi connectivity index (χ0) is 27.0. The summed E-state index contributed by atoms with van der Waals surface area (Å²) in [5.74, 6) is -1.72. The van der Waals surface area contributed by atoms with Gasteiger partial charge in [-0.25, -0.2) is 0 Å². The fraction of sp³-hybridized carbons (Fsp3) is 0.296. The number of hydrogen-bond acceptors (Lipinski definition) is 6. The lowest BCUT2D eigenvalue weighted by Crippen LogP contribution is -2.49. The summed E-state index contributed by atoms with van der Waals surface area (Å²) < 4.78 is 43.9. The maximum absolute atomic E-state index is 13.1. The number of halogens is 3. The Balaban J connectivity index is 1.47. The van der Waals surface area contributed by atoms with Crippen LogP contribution in [0.3, 0.4) is 0 Å². The van der Waals surface area contributed by atoms with E-state index in [1.54, 1.807) is 24.4 Å². The number of rotatable bonds is 4. The number of anilines is 4. The summed E-state index contributed by atoms with van der Waals surface area (Å²) in [5.41, 5.74) is 4.37. The van der Waals surface area contributed by atoms with Gasteiger partial charge in [0.2, 0.25) is 0 Å². The lowest BCUT2D eigenvalue weighted by Gasteiger charge is -2.41.